The highest BCUT2D eigenvalue weighted by atomic mass is 15.5. The van der Waals surface area contributed by atoms with E-state index in [0.29, 0.717) is 0 Å². The molecule has 0 saturated carbocycles. The minimum absolute atomic E-state index is 1.00. The molecule has 1 aliphatic rings. The van der Waals surface area contributed by atoms with Gasteiger partial charge in [0.1, 0.15) is 0 Å². The van der Waals surface area contributed by atoms with Crippen LogP contribution in [0.2, 0.25) is 0 Å². The Morgan fingerprint density at radius 1 is 0.864 bits per heavy atom. The zero-order valence-electron chi connectivity index (χ0n) is 12.9. The molecule has 0 spiro atoms. The molecule has 0 radical (unpaired) electrons. The van der Waals surface area contributed by atoms with Crippen LogP contribution in [0.3, 0.4) is 0 Å². The lowest BCUT2D eigenvalue weighted by molar-refractivity contribution is 0.159. The van der Waals surface area contributed by atoms with Crippen LogP contribution in [0.15, 0.2) is 59.7 Å². The lowest BCUT2D eigenvalue weighted by Crippen LogP contribution is -2.41. The van der Waals surface area contributed by atoms with Gasteiger partial charge >= 0.3 is 0 Å². The topological polar surface area (TPSA) is 30.9 Å². The first-order valence-corrected chi connectivity index (χ1v) is 7.69. The monoisotopic (exact) mass is 294 g/mol. The second-order valence-electron chi connectivity index (χ2n) is 5.61. The zero-order valence-corrected chi connectivity index (χ0v) is 12.9. The van der Waals surface area contributed by atoms with Crippen LogP contribution in [0.1, 0.15) is 5.56 Å². The van der Waals surface area contributed by atoms with Crippen molar-refractivity contribution in [3.63, 3.8) is 0 Å². The Hall–Kier alpha value is -2.33. The maximum absolute atomic E-state index is 4.56. The van der Waals surface area contributed by atoms with Crippen LogP contribution in [0, 0.1) is 0 Å². The van der Waals surface area contributed by atoms with Crippen molar-refractivity contribution in [3.05, 3.63) is 60.2 Å². The van der Waals surface area contributed by atoms with E-state index < -0.39 is 0 Å². The van der Waals surface area contributed by atoms with Crippen LogP contribution >= 0.6 is 0 Å². The van der Waals surface area contributed by atoms with Crippen molar-refractivity contribution in [2.75, 3.05) is 38.5 Å². The number of nitrogens with zero attached hydrogens (tertiary/aromatic N) is 3. The van der Waals surface area contributed by atoms with Crippen LogP contribution in [-0.2, 0) is 0 Å². The molecule has 2 aromatic rings. The predicted octanol–water partition coefficient (Wildman–Crippen LogP) is 3.01. The van der Waals surface area contributed by atoms with E-state index in [4.69, 9.17) is 0 Å². The Bertz CT molecular complexity index is 599. The first-order valence-electron chi connectivity index (χ1n) is 7.69. The van der Waals surface area contributed by atoms with E-state index in [1.54, 1.807) is 0 Å². The van der Waals surface area contributed by atoms with Crippen molar-refractivity contribution in [2.24, 2.45) is 5.10 Å². The lowest BCUT2D eigenvalue weighted by Gasteiger charge is -2.30. The second kappa shape index (κ2) is 7.09. The van der Waals surface area contributed by atoms with Crippen molar-refractivity contribution < 1.29 is 0 Å². The summed E-state index contributed by atoms with van der Waals surface area (Å²) in [6.07, 6.45) is 1.94. The normalized spacial score (nSPS) is 16.1. The molecule has 1 fully saturated rings. The largest absolute Gasteiger partial charge is 0.356 e. The minimum atomic E-state index is 1.00. The van der Waals surface area contributed by atoms with Crippen LogP contribution < -0.4 is 5.32 Å². The lowest BCUT2D eigenvalue weighted by atomic mass is 10.2. The minimum Gasteiger partial charge on any atom is -0.356 e. The molecule has 0 bridgehead atoms. The van der Waals surface area contributed by atoms with Crippen molar-refractivity contribution in [1.82, 2.24) is 9.91 Å². The Kier molecular flexibility index (Phi) is 4.71. The highest BCUT2D eigenvalue weighted by Gasteiger charge is 2.10. The summed E-state index contributed by atoms with van der Waals surface area (Å²) >= 11 is 0. The van der Waals surface area contributed by atoms with Gasteiger partial charge in [-0.2, -0.15) is 5.10 Å². The maximum atomic E-state index is 4.56. The van der Waals surface area contributed by atoms with Gasteiger partial charge in [-0.3, -0.25) is 5.01 Å². The molecule has 1 aliphatic heterocycles. The number of hydrogen-bond acceptors (Lipinski definition) is 4. The molecular formula is C18H22N4. The molecule has 114 valence electrons. The van der Waals surface area contributed by atoms with Gasteiger partial charge in [0.05, 0.1) is 6.21 Å². The summed E-state index contributed by atoms with van der Waals surface area (Å²) < 4.78 is 0. The molecule has 1 saturated heterocycles. The smallest absolute Gasteiger partial charge is 0.0542 e. The van der Waals surface area contributed by atoms with E-state index in [0.717, 1.165) is 43.1 Å². The molecular weight excluding hydrogens is 272 g/mol. The quantitative estimate of drug-likeness (QED) is 0.879. The van der Waals surface area contributed by atoms with Gasteiger partial charge in [-0.25, -0.2) is 0 Å². The van der Waals surface area contributed by atoms with Crippen molar-refractivity contribution in [2.45, 2.75) is 0 Å². The summed E-state index contributed by atoms with van der Waals surface area (Å²) in [6.45, 7) is 4.16. The van der Waals surface area contributed by atoms with Crippen molar-refractivity contribution in [1.29, 1.82) is 0 Å². The highest BCUT2D eigenvalue weighted by molar-refractivity contribution is 5.80. The number of hydrogen-bond donors (Lipinski definition) is 1. The van der Waals surface area contributed by atoms with Gasteiger partial charge in [0.25, 0.3) is 0 Å². The number of hydrazone groups is 1. The van der Waals surface area contributed by atoms with Gasteiger partial charge in [0.15, 0.2) is 0 Å². The number of anilines is 2. The SMILES string of the molecule is CN1CCN(/N=C\c2ccc(Nc3ccccc3)cc2)CC1. The number of nitrogens with one attached hydrogen (secondary N) is 1. The molecule has 2 aromatic carbocycles. The van der Waals surface area contributed by atoms with Crippen LogP contribution in [0.25, 0.3) is 0 Å². The summed E-state index contributed by atoms with van der Waals surface area (Å²) in [5, 5.41) is 10.1. The number of rotatable bonds is 4. The van der Waals surface area contributed by atoms with Gasteiger partial charge in [-0.15, -0.1) is 0 Å². The number of para-hydroxylation sites is 1. The summed E-state index contributed by atoms with van der Waals surface area (Å²) in [7, 11) is 2.15. The van der Waals surface area contributed by atoms with Crippen LogP contribution in [0.4, 0.5) is 11.4 Å². The molecule has 1 heterocycles. The first kappa shape index (κ1) is 14.6. The predicted molar refractivity (Wildman–Crippen MR) is 92.8 cm³/mol. The zero-order chi connectivity index (χ0) is 15.2. The molecule has 4 nitrogen and oxygen atoms in total. The highest BCUT2D eigenvalue weighted by Crippen LogP contribution is 2.16. The summed E-state index contributed by atoms with van der Waals surface area (Å²) in [5.74, 6) is 0. The molecule has 0 unspecified atom stereocenters. The molecule has 0 aromatic heterocycles. The number of likely N-dealkylation sites (N-methyl/N-ethyl adjacent to an activating group) is 1. The van der Waals surface area contributed by atoms with Gasteiger partial charge in [-0.05, 0) is 36.9 Å². The van der Waals surface area contributed by atoms with E-state index in [1.165, 1.54) is 0 Å². The average Bonchev–Trinajstić information content (AvgIpc) is 2.57. The van der Waals surface area contributed by atoms with E-state index in [2.05, 4.69) is 63.8 Å². The summed E-state index contributed by atoms with van der Waals surface area (Å²) in [5.41, 5.74) is 3.31. The fraction of sp³-hybridized carbons (Fsp3) is 0.278. The van der Waals surface area contributed by atoms with E-state index in [9.17, 15) is 0 Å². The molecule has 3 rings (SSSR count). The van der Waals surface area contributed by atoms with Crippen LogP contribution in [-0.4, -0.2) is 49.4 Å². The Morgan fingerprint density at radius 2 is 1.50 bits per heavy atom. The van der Waals surface area contributed by atoms with E-state index in [-0.39, 0.29) is 0 Å². The first-order chi connectivity index (χ1) is 10.8. The van der Waals surface area contributed by atoms with Gasteiger partial charge in [0, 0.05) is 37.6 Å². The van der Waals surface area contributed by atoms with Gasteiger partial charge < -0.3 is 10.2 Å². The Balaban J connectivity index is 1.57. The average molecular weight is 294 g/mol. The molecule has 1 N–H and O–H groups in total. The molecule has 0 aliphatic carbocycles. The third kappa shape index (κ3) is 4.09. The molecule has 0 atom stereocenters. The standard InChI is InChI=1S/C18H22N4/c1-21-11-13-22(14-12-21)19-15-16-7-9-18(10-8-16)20-17-5-3-2-4-6-17/h2-10,15,20H,11-14H2,1H3/b19-15-. The van der Waals surface area contributed by atoms with E-state index in [1.807, 2.05) is 24.4 Å². The Morgan fingerprint density at radius 3 is 2.18 bits per heavy atom. The maximum Gasteiger partial charge on any atom is 0.0542 e. The number of piperazine rings is 1. The molecule has 4 heteroatoms. The van der Waals surface area contributed by atoms with Crippen LogP contribution in [0.5, 0.6) is 0 Å². The second-order valence-corrected chi connectivity index (χ2v) is 5.61. The molecule has 22 heavy (non-hydrogen) atoms. The third-order valence-electron chi connectivity index (χ3n) is 3.82. The fourth-order valence-corrected chi connectivity index (χ4v) is 2.40. The van der Waals surface area contributed by atoms with E-state index >= 15 is 0 Å². The fourth-order valence-electron chi connectivity index (χ4n) is 2.40. The van der Waals surface area contributed by atoms with Gasteiger partial charge in [-0.1, -0.05) is 30.3 Å². The van der Waals surface area contributed by atoms with Crippen molar-refractivity contribution >= 4 is 17.6 Å². The van der Waals surface area contributed by atoms with Crippen molar-refractivity contribution in [3.8, 4) is 0 Å². The summed E-state index contributed by atoms with van der Waals surface area (Å²) in [6, 6.07) is 18.5. The summed E-state index contributed by atoms with van der Waals surface area (Å²) in [4.78, 5) is 2.33. The third-order valence-corrected chi connectivity index (χ3v) is 3.82. The Labute approximate surface area is 132 Å². The number of benzene rings is 2. The van der Waals surface area contributed by atoms with Gasteiger partial charge in [0.2, 0.25) is 0 Å². The molecule has 0 amide bonds.